The van der Waals surface area contributed by atoms with Crippen molar-refractivity contribution in [2.24, 2.45) is 0 Å². The minimum atomic E-state index is 0.697. The van der Waals surface area contributed by atoms with Crippen LogP contribution in [0, 0.1) is 0 Å². The molecule has 7 rings (SSSR count). The second-order valence-corrected chi connectivity index (χ2v) is 8.74. The van der Waals surface area contributed by atoms with Crippen LogP contribution >= 0.6 is 0 Å². The van der Waals surface area contributed by atoms with E-state index in [2.05, 4.69) is 65.6 Å². The maximum atomic E-state index is 5.11. The molecule has 0 saturated carbocycles. The summed E-state index contributed by atoms with van der Waals surface area (Å²) in [4.78, 5) is 19.8. The fraction of sp³-hybridized carbons (Fsp3) is 0. The van der Waals surface area contributed by atoms with E-state index in [4.69, 9.17) is 15.0 Å². The molecule has 0 N–H and O–H groups in total. The summed E-state index contributed by atoms with van der Waals surface area (Å²) in [6.45, 7) is 0. The Kier molecular flexibility index (Phi) is 4.74. The van der Waals surface area contributed by atoms with Crippen molar-refractivity contribution < 1.29 is 0 Å². The molecular weight excluding hydrogens is 440 g/mol. The molecular formula is C32H20N4. The quantitative estimate of drug-likeness (QED) is 0.253. The molecule has 0 aliphatic carbocycles. The van der Waals surface area contributed by atoms with Crippen LogP contribution in [-0.2, 0) is 0 Å². The number of para-hydroxylation sites is 1. The summed E-state index contributed by atoms with van der Waals surface area (Å²) in [5.74, 6) is 0.697. The monoisotopic (exact) mass is 460 g/mol. The third-order valence-electron chi connectivity index (χ3n) is 6.51. The van der Waals surface area contributed by atoms with E-state index in [-0.39, 0.29) is 0 Å². The van der Waals surface area contributed by atoms with Crippen LogP contribution in [-0.4, -0.2) is 19.9 Å². The van der Waals surface area contributed by atoms with Gasteiger partial charge in [-0.15, -0.1) is 0 Å². The summed E-state index contributed by atoms with van der Waals surface area (Å²) in [5, 5.41) is 3.14. The molecule has 3 aromatic heterocycles. The Balaban J connectivity index is 1.53. The lowest BCUT2D eigenvalue weighted by Gasteiger charge is -2.13. The largest absolute Gasteiger partial charge is 0.254 e. The zero-order valence-corrected chi connectivity index (χ0v) is 19.3. The lowest BCUT2D eigenvalue weighted by atomic mass is 10.0. The van der Waals surface area contributed by atoms with Crippen LogP contribution in [0.2, 0.25) is 0 Å². The number of aromatic nitrogens is 4. The van der Waals surface area contributed by atoms with Crippen molar-refractivity contribution in [2.75, 3.05) is 0 Å². The smallest absolute Gasteiger partial charge is 0.160 e. The van der Waals surface area contributed by atoms with Crippen LogP contribution in [0.15, 0.2) is 121 Å². The van der Waals surface area contributed by atoms with Crippen LogP contribution < -0.4 is 0 Å². The normalized spacial score (nSPS) is 11.3. The SMILES string of the molecule is c1ccc(-c2nc(-c3ccccc3)c3cccc(-c4ccc5ccc6cccnc6c5n4)c3n2)cc1. The van der Waals surface area contributed by atoms with Gasteiger partial charge in [0.15, 0.2) is 5.82 Å². The van der Waals surface area contributed by atoms with Crippen LogP contribution in [0.3, 0.4) is 0 Å². The van der Waals surface area contributed by atoms with Gasteiger partial charge in [0.25, 0.3) is 0 Å². The average Bonchev–Trinajstić information content (AvgIpc) is 2.97. The molecule has 0 unspecified atom stereocenters. The first-order valence-corrected chi connectivity index (χ1v) is 11.9. The molecule has 0 atom stereocenters. The molecule has 4 heteroatoms. The number of nitrogens with zero attached hydrogens (tertiary/aromatic N) is 4. The fourth-order valence-corrected chi connectivity index (χ4v) is 4.76. The Morgan fingerprint density at radius 3 is 1.97 bits per heavy atom. The topological polar surface area (TPSA) is 51.6 Å². The van der Waals surface area contributed by atoms with Gasteiger partial charge in [0.2, 0.25) is 0 Å². The van der Waals surface area contributed by atoms with Crippen molar-refractivity contribution in [1.29, 1.82) is 0 Å². The molecule has 36 heavy (non-hydrogen) atoms. The Morgan fingerprint density at radius 1 is 0.444 bits per heavy atom. The highest BCUT2D eigenvalue weighted by Crippen LogP contribution is 2.35. The molecule has 0 spiro atoms. The van der Waals surface area contributed by atoms with Crippen molar-refractivity contribution in [1.82, 2.24) is 19.9 Å². The van der Waals surface area contributed by atoms with Crippen LogP contribution in [0.1, 0.15) is 0 Å². The van der Waals surface area contributed by atoms with Gasteiger partial charge < -0.3 is 0 Å². The van der Waals surface area contributed by atoms with Gasteiger partial charge in [-0.1, -0.05) is 103 Å². The van der Waals surface area contributed by atoms with Crippen molar-refractivity contribution in [2.45, 2.75) is 0 Å². The number of fused-ring (bicyclic) bond motifs is 4. The number of pyridine rings is 2. The minimum Gasteiger partial charge on any atom is -0.254 e. The number of hydrogen-bond acceptors (Lipinski definition) is 4. The van der Waals surface area contributed by atoms with E-state index in [0.717, 1.165) is 60.8 Å². The van der Waals surface area contributed by atoms with E-state index in [1.165, 1.54) is 0 Å². The fourth-order valence-electron chi connectivity index (χ4n) is 4.76. The van der Waals surface area contributed by atoms with E-state index in [0.29, 0.717) is 5.82 Å². The Morgan fingerprint density at radius 2 is 1.17 bits per heavy atom. The molecule has 0 aliphatic rings. The van der Waals surface area contributed by atoms with Gasteiger partial charge in [-0.2, -0.15) is 0 Å². The molecule has 0 aliphatic heterocycles. The number of rotatable bonds is 3. The molecule has 0 radical (unpaired) electrons. The molecule has 0 bridgehead atoms. The third kappa shape index (κ3) is 3.39. The maximum Gasteiger partial charge on any atom is 0.160 e. The van der Waals surface area contributed by atoms with E-state index in [1.807, 2.05) is 60.8 Å². The van der Waals surface area contributed by atoms with E-state index in [1.54, 1.807) is 0 Å². The zero-order valence-electron chi connectivity index (χ0n) is 19.3. The van der Waals surface area contributed by atoms with Crippen LogP contribution in [0.4, 0.5) is 0 Å². The highest BCUT2D eigenvalue weighted by molar-refractivity contribution is 6.05. The first-order chi connectivity index (χ1) is 17.8. The Bertz CT molecular complexity index is 1880. The number of benzene rings is 4. The highest BCUT2D eigenvalue weighted by atomic mass is 14.9. The molecule has 0 saturated heterocycles. The van der Waals surface area contributed by atoms with Crippen molar-refractivity contribution >= 4 is 32.7 Å². The summed E-state index contributed by atoms with van der Waals surface area (Å²) >= 11 is 0. The van der Waals surface area contributed by atoms with Crippen LogP contribution in [0.25, 0.3) is 66.6 Å². The molecule has 0 amide bonds. The van der Waals surface area contributed by atoms with Gasteiger partial charge in [-0.25, -0.2) is 15.0 Å². The molecule has 3 heterocycles. The van der Waals surface area contributed by atoms with Crippen molar-refractivity contribution in [3.63, 3.8) is 0 Å². The van der Waals surface area contributed by atoms with Gasteiger partial charge in [0.05, 0.1) is 27.9 Å². The first kappa shape index (κ1) is 20.4. The lowest BCUT2D eigenvalue weighted by molar-refractivity contribution is 1.23. The molecule has 0 fully saturated rings. The van der Waals surface area contributed by atoms with Crippen molar-refractivity contribution in [3.8, 4) is 33.9 Å². The second kappa shape index (κ2) is 8.36. The minimum absolute atomic E-state index is 0.697. The average molecular weight is 461 g/mol. The Labute approximate surface area is 208 Å². The molecule has 7 aromatic rings. The van der Waals surface area contributed by atoms with Gasteiger partial charge >= 0.3 is 0 Å². The number of hydrogen-bond donors (Lipinski definition) is 0. The van der Waals surface area contributed by atoms with Gasteiger partial charge in [0.1, 0.15) is 0 Å². The van der Waals surface area contributed by atoms with Gasteiger partial charge in [-0.3, -0.25) is 4.98 Å². The standard InChI is InChI=1S/C32H20N4/c1-3-9-21(10-4-1)28-26-15-7-14-25(31(26)36-32(35-28)24-11-5-2-6-12-24)27-19-18-23-17-16-22-13-8-20-33-29(22)30(23)34-27/h1-20H. The third-order valence-corrected chi connectivity index (χ3v) is 6.51. The van der Waals surface area contributed by atoms with Crippen LogP contribution in [0.5, 0.6) is 0 Å². The first-order valence-electron chi connectivity index (χ1n) is 11.9. The summed E-state index contributed by atoms with van der Waals surface area (Å²) in [7, 11) is 0. The predicted molar refractivity (Wildman–Crippen MR) is 146 cm³/mol. The van der Waals surface area contributed by atoms with E-state index in [9.17, 15) is 0 Å². The summed E-state index contributed by atoms with van der Waals surface area (Å²) in [6, 6.07) is 39.0. The summed E-state index contributed by atoms with van der Waals surface area (Å²) < 4.78 is 0. The molecule has 4 nitrogen and oxygen atoms in total. The summed E-state index contributed by atoms with van der Waals surface area (Å²) in [5.41, 5.74) is 7.46. The van der Waals surface area contributed by atoms with E-state index >= 15 is 0 Å². The Hall–Kier alpha value is -4.96. The molecule has 4 aromatic carbocycles. The van der Waals surface area contributed by atoms with Crippen molar-refractivity contribution in [3.05, 3.63) is 121 Å². The highest BCUT2D eigenvalue weighted by Gasteiger charge is 2.16. The van der Waals surface area contributed by atoms with Gasteiger partial charge in [-0.05, 0) is 12.1 Å². The summed E-state index contributed by atoms with van der Waals surface area (Å²) in [6.07, 6.45) is 1.82. The van der Waals surface area contributed by atoms with Gasteiger partial charge in [0, 0.05) is 39.0 Å². The maximum absolute atomic E-state index is 5.11. The zero-order chi connectivity index (χ0) is 23.9. The van der Waals surface area contributed by atoms with E-state index < -0.39 is 0 Å². The second-order valence-electron chi connectivity index (χ2n) is 8.74. The predicted octanol–water partition coefficient (Wildman–Crippen LogP) is 7.73. The lowest BCUT2D eigenvalue weighted by Crippen LogP contribution is -1.97. The molecule has 168 valence electrons.